The van der Waals surface area contributed by atoms with Crippen molar-refractivity contribution in [2.45, 2.75) is 24.5 Å². The second-order valence-corrected chi connectivity index (χ2v) is 5.51. The fourth-order valence-corrected chi connectivity index (χ4v) is 1.61. The molecule has 0 saturated heterocycles. The Balaban J connectivity index is 0.00000324. The number of carbonyl (C=O) groups is 1. The van der Waals surface area contributed by atoms with Crippen LogP contribution in [0.4, 0.5) is 14.5 Å². The van der Waals surface area contributed by atoms with Crippen LogP contribution in [-0.2, 0) is 4.79 Å². The molecule has 3 nitrogen and oxygen atoms in total. The molecule has 0 saturated carbocycles. The third-order valence-electron chi connectivity index (χ3n) is 2.46. The van der Waals surface area contributed by atoms with Gasteiger partial charge >= 0.3 is 0 Å². The quantitative estimate of drug-likeness (QED) is 0.820. The topological polar surface area (TPSA) is 55.1 Å². The smallest absolute Gasteiger partial charge is 0.288 e. The van der Waals surface area contributed by atoms with E-state index in [2.05, 4.69) is 5.32 Å². The van der Waals surface area contributed by atoms with Gasteiger partial charge in [-0.2, -0.15) is 8.78 Å². The molecular formula is C12H17ClF2N2OS. The van der Waals surface area contributed by atoms with E-state index in [4.69, 9.17) is 5.73 Å². The van der Waals surface area contributed by atoms with Crippen LogP contribution in [0.2, 0.25) is 0 Å². The SMILES string of the molecule is CC(C)(CN)C(=O)Nc1ccc(SC(F)F)cc1.Cl. The minimum Gasteiger partial charge on any atom is -0.329 e. The molecule has 3 N–H and O–H groups in total. The van der Waals surface area contributed by atoms with Gasteiger partial charge in [0, 0.05) is 17.1 Å². The maximum absolute atomic E-state index is 12.1. The second-order valence-electron chi connectivity index (χ2n) is 4.45. The number of benzene rings is 1. The third kappa shape index (κ3) is 5.76. The summed E-state index contributed by atoms with van der Waals surface area (Å²) >= 11 is 0.470. The van der Waals surface area contributed by atoms with Gasteiger partial charge in [-0.1, -0.05) is 11.8 Å². The van der Waals surface area contributed by atoms with E-state index in [9.17, 15) is 13.6 Å². The van der Waals surface area contributed by atoms with Crippen LogP contribution < -0.4 is 11.1 Å². The molecule has 0 heterocycles. The average molecular weight is 311 g/mol. The molecule has 1 aromatic carbocycles. The van der Waals surface area contributed by atoms with Gasteiger partial charge in [-0.3, -0.25) is 4.79 Å². The van der Waals surface area contributed by atoms with E-state index in [0.29, 0.717) is 22.3 Å². The minimum atomic E-state index is -2.44. The van der Waals surface area contributed by atoms with Crippen molar-refractivity contribution in [1.82, 2.24) is 0 Å². The lowest BCUT2D eigenvalue weighted by atomic mass is 9.92. The lowest BCUT2D eigenvalue weighted by molar-refractivity contribution is -0.123. The highest BCUT2D eigenvalue weighted by atomic mass is 35.5. The Morgan fingerprint density at radius 2 is 1.89 bits per heavy atom. The van der Waals surface area contributed by atoms with Gasteiger partial charge in [0.15, 0.2) is 0 Å². The van der Waals surface area contributed by atoms with Gasteiger partial charge in [0.05, 0.1) is 5.41 Å². The zero-order valence-electron chi connectivity index (χ0n) is 10.7. The van der Waals surface area contributed by atoms with Crippen molar-refractivity contribution in [3.8, 4) is 0 Å². The van der Waals surface area contributed by atoms with Crippen molar-refractivity contribution in [3.63, 3.8) is 0 Å². The van der Waals surface area contributed by atoms with Crippen molar-refractivity contribution < 1.29 is 13.6 Å². The molecule has 0 aromatic heterocycles. The van der Waals surface area contributed by atoms with Crippen LogP contribution in [0, 0.1) is 5.41 Å². The first-order valence-electron chi connectivity index (χ1n) is 5.41. The number of alkyl halides is 2. The molecule has 19 heavy (non-hydrogen) atoms. The highest BCUT2D eigenvalue weighted by Crippen LogP contribution is 2.26. The molecule has 0 radical (unpaired) electrons. The number of thioether (sulfide) groups is 1. The van der Waals surface area contributed by atoms with Gasteiger partial charge < -0.3 is 11.1 Å². The fourth-order valence-electron chi connectivity index (χ4n) is 1.11. The van der Waals surface area contributed by atoms with Crippen molar-refractivity contribution in [3.05, 3.63) is 24.3 Å². The Hall–Kier alpha value is -0.850. The first-order chi connectivity index (χ1) is 8.35. The summed E-state index contributed by atoms with van der Waals surface area (Å²) in [7, 11) is 0. The lowest BCUT2D eigenvalue weighted by Crippen LogP contribution is -2.37. The highest BCUT2D eigenvalue weighted by molar-refractivity contribution is 7.99. The van der Waals surface area contributed by atoms with Crippen LogP contribution >= 0.6 is 24.2 Å². The first-order valence-corrected chi connectivity index (χ1v) is 6.29. The van der Waals surface area contributed by atoms with Gasteiger partial charge in [-0.05, 0) is 38.1 Å². The van der Waals surface area contributed by atoms with Crippen LogP contribution in [0.5, 0.6) is 0 Å². The van der Waals surface area contributed by atoms with Crippen molar-refractivity contribution >= 4 is 35.8 Å². The van der Waals surface area contributed by atoms with E-state index >= 15 is 0 Å². The Bertz CT molecular complexity index is 413. The van der Waals surface area contributed by atoms with E-state index in [1.807, 2.05) is 0 Å². The van der Waals surface area contributed by atoms with Gasteiger partial charge in [0.25, 0.3) is 5.76 Å². The number of halogens is 3. The Morgan fingerprint density at radius 1 is 1.37 bits per heavy atom. The summed E-state index contributed by atoms with van der Waals surface area (Å²) in [6.07, 6.45) is 0. The zero-order chi connectivity index (χ0) is 13.8. The normalized spacial score (nSPS) is 11.1. The molecule has 0 unspecified atom stereocenters. The minimum absolute atomic E-state index is 0. The van der Waals surface area contributed by atoms with Gasteiger partial charge in [0.2, 0.25) is 5.91 Å². The van der Waals surface area contributed by atoms with E-state index in [0.717, 1.165) is 0 Å². The molecule has 108 valence electrons. The molecule has 0 atom stereocenters. The summed E-state index contributed by atoms with van der Waals surface area (Å²) in [5.41, 5.74) is 5.41. The van der Waals surface area contributed by atoms with Crippen molar-refractivity contribution in [2.24, 2.45) is 11.1 Å². The second kappa shape index (κ2) is 7.67. The molecule has 0 aliphatic carbocycles. The van der Waals surface area contributed by atoms with E-state index < -0.39 is 11.2 Å². The summed E-state index contributed by atoms with van der Waals surface area (Å²) in [5, 5.41) is 2.70. The maximum Gasteiger partial charge on any atom is 0.288 e. The molecule has 1 rings (SSSR count). The predicted octanol–water partition coefficient (Wildman–Crippen LogP) is 3.35. The van der Waals surface area contributed by atoms with Crippen LogP contribution in [0.25, 0.3) is 0 Å². The molecule has 0 spiro atoms. The Labute approximate surface area is 121 Å². The van der Waals surface area contributed by atoms with Gasteiger partial charge in [0.1, 0.15) is 0 Å². The molecule has 1 aromatic rings. The van der Waals surface area contributed by atoms with Crippen molar-refractivity contribution in [1.29, 1.82) is 0 Å². The van der Waals surface area contributed by atoms with Crippen LogP contribution in [0.15, 0.2) is 29.2 Å². The number of rotatable bonds is 5. The molecule has 0 aliphatic rings. The number of anilines is 1. The number of nitrogens with two attached hydrogens (primary N) is 1. The van der Waals surface area contributed by atoms with E-state index in [-0.39, 0.29) is 24.9 Å². The average Bonchev–Trinajstić information content (AvgIpc) is 2.31. The maximum atomic E-state index is 12.1. The molecule has 1 amide bonds. The molecule has 7 heteroatoms. The summed E-state index contributed by atoms with van der Waals surface area (Å²) in [6, 6.07) is 6.27. The molecular weight excluding hydrogens is 294 g/mol. The van der Waals surface area contributed by atoms with Gasteiger partial charge in [-0.15, -0.1) is 12.4 Å². The van der Waals surface area contributed by atoms with Crippen molar-refractivity contribution in [2.75, 3.05) is 11.9 Å². The molecule has 0 aliphatic heterocycles. The Kier molecular flexibility index (Phi) is 7.33. The Morgan fingerprint density at radius 3 is 2.32 bits per heavy atom. The van der Waals surface area contributed by atoms with Gasteiger partial charge in [-0.25, -0.2) is 0 Å². The molecule has 0 bridgehead atoms. The largest absolute Gasteiger partial charge is 0.329 e. The van der Waals surface area contributed by atoms with Crippen LogP contribution in [-0.4, -0.2) is 18.2 Å². The number of nitrogens with one attached hydrogen (secondary N) is 1. The fraction of sp³-hybridized carbons (Fsp3) is 0.417. The van der Waals surface area contributed by atoms with Crippen LogP contribution in [0.1, 0.15) is 13.8 Å². The summed E-state index contributed by atoms with van der Waals surface area (Å²) < 4.78 is 24.2. The first kappa shape index (κ1) is 18.1. The zero-order valence-corrected chi connectivity index (χ0v) is 12.3. The predicted molar refractivity (Wildman–Crippen MR) is 77.0 cm³/mol. The summed E-state index contributed by atoms with van der Waals surface area (Å²) in [6.45, 7) is 3.71. The number of hydrogen-bond acceptors (Lipinski definition) is 3. The summed E-state index contributed by atoms with van der Waals surface area (Å²) in [4.78, 5) is 12.3. The molecule has 0 fully saturated rings. The monoisotopic (exact) mass is 310 g/mol. The number of carbonyl (C=O) groups excluding carboxylic acids is 1. The standard InChI is InChI=1S/C12H16F2N2OS.ClH/c1-12(2,7-15)10(17)16-8-3-5-9(6-4-8)18-11(13)14;/h3-6,11H,7,15H2,1-2H3,(H,16,17);1H. The number of amides is 1. The number of hydrogen-bond donors (Lipinski definition) is 2. The van der Waals surface area contributed by atoms with E-state index in [1.54, 1.807) is 38.1 Å². The third-order valence-corrected chi connectivity index (χ3v) is 3.18. The highest BCUT2D eigenvalue weighted by Gasteiger charge is 2.25. The van der Waals surface area contributed by atoms with E-state index in [1.165, 1.54) is 0 Å². The summed E-state index contributed by atoms with van der Waals surface area (Å²) in [5.74, 6) is -2.64. The van der Waals surface area contributed by atoms with Crippen LogP contribution in [0.3, 0.4) is 0 Å². The lowest BCUT2D eigenvalue weighted by Gasteiger charge is -2.21.